The molecule has 3 aromatic heterocycles. The average Bonchev–Trinajstić information content (AvgIpc) is 3.22. The molecular formula is C45H38ClN9O4. The van der Waals surface area contributed by atoms with Crippen LogP contribution >= 0.6 is 11.6 Å². The molecule has 59 heavy (non-hydrogen) atoms. The highest BCUT2D eigenvalue weighted by atomic mass is 35.5. The summed E-state index contributed by atoms with van der Waals surface area (Å²) < 4.78 is 0. The van der Waals surface area contributed by atoms with E-state index in [0.29, 0.717) is 50.3 Å². The number of hydrogen-bond acceptors (Lipinski definition) is 11. The second-order valence-corrected chi connectivity index (χ2v) is 14.1. The number of nitrogens with zero attached hydrogens (tertiary/aromatic N) is 8. The summed E-state index contributed by atoms with van der Waals surface area (Å²) in [7, 11) is 0. The molecule has 6 rings (SSSR count). The average molecular weight is 804 g/mol. The molecule has 14 heteroatoms. The Kier molecular flexibility index (Phi) is 14.4. The molecule has 0 bridgehead atoms. The number of nitro groups is 2. The first kappa shape index (κ1) is 43.9. The number of aryl methyl sites for hydroxylation is 3. The van der Waals surface area contributed by atoms with E-state index in [4.69, 9.17) is 22.6 Å². The van der Waals surface area contributed by atoms with Crippen LogP contribution in [0, 0.1) is 75.0 Å². The molecule has 0 saturated heterocycles. The zero-order valence-electron chi connectivity index (χ0n) is 33.1. The monoisotopic (exact) mass is 803 g/mol. The first-order valence-corrected chi connectivity index (χ1v) is 18.3. The van der Waals surface area contributed by atoms with E-state index in [1.165, 1.54) is 30.5 Å². The van der Waals surface area contributed by atoms with Crippen LogP contribution in [-0.2, 0) is 0 Å². The van der Waals surface area contributed by atoms with Gasteiger partial charge in [0.1, 0.15) is 23.4 Å². The van der Waals surface area contributed by atoms with Crippen LogP contribution in [0.15, 0.2) is 98.0 Å². The maximum Gasteiger partial charge on any atom is 0.270 e. The largest absolute Gasteiger partial charge is 0.399 e. The number of nitro benzene ring substituents is 2. The summed E-state index contributed by atoms with van der Waals surface area (Å²) >= 11 is 5.76. The van der Waals surface area contributed by atoms with Crippen molar-refractivity contribution >= 4 is 34.2 Å². The SMILES string of the molecule is C=C(C)c1ncc(-c2cc([N+](=O)[O-])ccc2C)cc1C#N.Cc1ccc(N)cc1-c1cnc(C(C)C)c(C#N)c1.Cc1ccc([N+](=O)[O-])cc1-c1cnc(Cl)c(C#N)c1. The number of rotatable bonds is 7. The summed E-state index contributed by atoms with van der Waals surface area (Å²) in [6.07, 6.45) is 4.92. The van der Waals surface area contributed by atoms with Crippen LogP contribution < -0.4 is 5.73 Å². The number of nitrogens with two attached hydrogens (primary N) is 1. The third kappa shape index (κ3) is 10.7. The Bertz CT molecular complexity index is 2750. The fourth-order valence-electron chi connectivity index (χ4n) is 5.90. The van der Waals surface area contributed by atoms with Crippen LogP contribution in [0.25, 0.3) is 39.0 Å². The Balaban J connectivity index is 0.000000196. The number of hydrogen-bond donors (Lipinski definition) is 1. The van der Waals surface area contributed by atoms with E-state index in [2.05, 4.69) is 33.7 Å². The van der Waals surface area contributed by atoms with E-state index < -0.39 is 9.85 Å². The van der Waals surface area contributed by atoms with Gasteiger partial charge in [0, 0.05) is 65.2 Å². The van der Waals surface area contributed by atoms with Gasteiger partial charge >= 0.3 is 0 Å². The number of nitriles is 3. The van der Waals surface area contributed by atoms with Crippen LogP contribution in [0.3, 0.4) is 0 Å². The zero-order chi connectivity index (χ0) is 43.6. The van der Waals surface area contributed by atoms with Crippen LogP contribution in [0.1, 0.15) is 71.5 Å². The van der Waals surface area contributed by atoms with E-state index in [0.717, 1.165) is 33.5 Å². The fourth-order valence-corrected chi connectivity index (χ4v) is 6.05. The predicted molar refractivity (Wildman–Crippen MR) is 229 cm³/mol. The molecule has 0 radical (unpaired) electrons. The van der Waals surface area contributed by atoms with Crippen molar-refractivity contribution in [3.8, 4) is 51.6 Å². The van der Waals surface area contributed by atoms with Gasteiger partial charge in [0.15, 0.2) is 0 Å². The summed E-state index contributed by atoms with van der Waals surface area (Å²) in [5.41, 5.74) is 17.4. The lowest BCUT2D eigenvalue weighted by Crippen LogP contribution is -1.98. The summed E-state index contributed by atoms with van der Waals surface area (Å²) in [5, 5.41) is 49.2. The number of aromatic nitrogens is 3. The van der Waals surface area contributed by atoms with Gasteiger partial charge < -0.3 is 5.73 Å². The predicted octanol–water partition coefficient (Wildman–Crippen LogP) is 11.0. The summed E-state index contributed by atoms with van der Waals surface area (Å²) in [4.78, 5) is 33.4. The van der Waals surface area contributed by atoms with Crippen LogP contribution in [0.2, 0.25) is 5.15 Å². The van der Waals surface area contributed by atoms with E-state index in [9.17, 15) is 30.8 Å². The lowest BCUT2D eigenvalue weighted by molar-refractivity contribution is -0.385. The van der Waals surface area contributed by atoms with Gasteiger partial charge in [-0.3, -0.25) is 30.2 Å². The molecule has 2 N–H and O–H groups in total. The van der Waals surface area contributed by atoms with E-state index >= 15 is 0 Å². The topological polar surface area (TPSA) is 222 Å². The molecule has 3 heterocycles. The standard InChI is InChI=1S/C16H13N3O2.C16H17N3.C13H8ClN3O2/c1-10(2)16-12(8-17)6-13(9-18-16)15-7-14(19(20)21)5-4-11(15)3;1-10(2)16-12(8-17)6-13(9-19-16)15-7-14(18)5-4-11(15)3;1-8-2-3-11(17(18)19)5-12(8)10-4-9(6-15)13(14)16-7-10/h4-7,9H,1H2,2-3H3;4-7,9-10H,18H2,1-3H3;2-5,7H,1H3. The Morgan fingerprint density at radius 2 is 1.10 bits per heavy atom. The van der Waals surface area contributed by atoms with E-state index in [1.807, 2.05) is 71.2 Å². The van der Waals surface area contributed by atoms with Crippen LogP contribution in [0.5, 0.6) is 0 Å². The molecule has 3 aromatic carbocycles. The summed E-state index contributed by atoms with van der Waals surface area (Å²) in [6.45, 7) is 15.4. The summed E-state index contributed by atoms with van der Waals surface area (Å²) in [5.74, 6) is 0.241. The molecule has 13 nitrogen and oxygen atoms in total. The van der Waals surface area contributed by atoms with E-state index in [1.54, 1.807) is 37.4 Å². The molecule has 0 fully saturated rings. The third-order valence-electron chi connectivity index (χ3n) is 9.02. The number of pyridine rings is 3. The first-order chi connectivity index (χ1) is 28.0. The molecule has 0 spiro atoms. The van der Waals surface area contributed by atoms with Crippen molar-refractivity contribution in [2.75, 3.05) is 5.73 Å². The number of allylic oxidation sites excluding steroid dienone is 1. The maximum absolute atomic E-state index is 10.9. The van der Waals surface area contributed by atoms with Crippen molar-refractivity contribution in [1.82, 2.24) is 15.0 Å². The van der Waals surface area contributed by atoms with Crippen molar-refractivity contribution in [3.63, 3.8) is 0 Å². The van der Waals surface area contributed by atoms with Crippen molar-refractivity contribution < 1.29 is 9.85 Å². The molecule has 0 amide bonds. The van der Waals surface area contributed by atoms with Crippen molar-refractivity contribution in [2.24, 2.45) is 0 Å². The molecule has 6 aromatic rings. The van der Waals surface area contributed by atoms with E-state index in [-0.39, 0.29) is 28.0 Å². The normalized spacial score (nSPS) is 10.1. The third-order valence-corrected chi connectivity index (χ3v) is 9.32. The minimum Gasteiger partial charge on any atom is -0.399 e. The molecule has 0 saturated carbocycles. The quantitative estimate of drug-likeness (QED) is 0.0691. The van der Waals surface area contributed by atoms with Gasteiger partial charge in [0.2, 0.25) is 0 Å². The minimum absolute atomic E-state index is 0.00550. The highest BCUT2D eigenvalue weighted by molar-refractivity contribution is 6.30. The van der Waals surface area contributed by atoms with Gasteiger partial charge in [-0.25, -0.2) is 4.98 Å². The molecular weight excluding hydrogens is 766 g/mol. The number of non-ortho nitro benzene ring substituents is 2. The molecule has 0 unspecified atom stereocenters. The van der Waals surface area contributed by atoms with Gasteiger partial charge in [-0.05, 0) is 103 Å². The number of benzene rings is 3. The number of halogens is 1. The molecule has 0 aliphatic heterocycles. The van der Waals surface area contributed by atoms with Crippen molar-refractivity contribution in [1.29, 1.82) is 15.8 Å². The number of nitrogen functional groups attached to an aromatic ring is 1. The minimum atomic E-state index is -0.461. The molecule has 0 atom stereocenters. The molecule has 0 aliphatic rings. The second kappa shape index (κ2) is 19.4. The first-order valence-electron chi connectivity index (χ1n) is 17.9. The Hall–Kier alpha value is -7.79. The van der Waals surface area contributed by atoms with Crippen molar-refractivity contribution in [2.45, 2.75) is 47.5 Å². The number of anilines is 1. The maximum atomic E-state index is 10.9. The second-order valence-electron chi connectivity index (χ2n) is 13.7. The lowest BCUT2D eigenvalue weighted by atomic mass is 9.97. The zero-order valence-corrected chi connectivity index (χ0v) is 33.9. The van der Waals surface area contributed by atoms with Gasteiger partial charge in [0.05, 0.1) is 37.9 Å². The fraction of sp³-hybridized carbons (Fsp3) is 0.156. The van der Waals surface area contributed by atoms with Crippen LogP contribution in [-0.4, -0.2) is 24.8 Å². The summed E-state index contributed by atoms with van der Waals surface area (Å²) in [6, 6.07) is 26.4. The lowest BCUT2D eigenvalue weighted by Gasteiger charge is -2.11. The molecule has 0 aliphatic carbocycles. The van der Waals surface area contributed by atoms with Gasteiger partial charge in [-0.1, -0.05) is 50.2 Å². The van der Waals surface area contributed by atoms with Crippen molar-refractivity contribution in [3.05, 3.63) is 168 Å². The van der Waals surface area contributed by atoms with Gasteiger partial charge in [0.25, 0.3) is 11.4 Å². The smallest absolute Gasteiger partial charge is 0.270 e. The highest BCUT2D eigenvalue weighted by Crippen LogP contribution is 2.31. The van der Waals surface area contributed by atoms with Gasteiger partial charge in [-0.15, -0.1) is 0 Å². The highest BCUT2D eigenvalue weighted by Gasteiger charge is 2.15. The molecule has 294 valence electrons. The van der Waals surface area contributed by atoms with Crippen LogP contribution in [0.4, 0.5) is 17.1 Å². The van der Waals surface area contributed by atoms with Gasteiger partial charge in [-0.2, -0.15) is 15.8 Å². The Labute approximate surface area is 346 Å². The Morgan fingerprint density at radius 3 is 1.56 bits per heavy atom. The Morgan fingerprint density at radius 1 is 0.678 bits per heavy atom.